The highest BCUT2D eigenvalue weighted by Gasteiger charge is 2.22. The summed E-state index contributed by atoms with van der Waals surface area (Å²) in [6.07, 6.45) is 22.2. The quantitative estimate of drug-likeness (QED) is 0.225. The maximum Gasteiger partial charge on any atom is 0.119 e. The normalized spacial score (nSPS) is 18.2. The molecule has 1 fully saturated rings. The smallest absolute Gasteiger partial charge is 0.119 e. The van der Waals surface area contributed by atoms with Crippen LogP contribution in [0.25, 0.3) is 11.1 Å². The first kappa shape index (κ1) is 26.8. The highest BCUT2D eigenvalue weighted by atomic mass is 16.5. The van der Waals surface area contributed by atoms with Gasteiger partial charge < -0.3 is 4.74 Å². The van der Waals surface area contributed by atoms with Crippen molar-refractivity contribution in [3.05, 3.63) is 54.1 Å². The minimum absolute atomic E-state index is 0.766. The lowest BCUT2D eigenvalue weighted by Crippen LogP contribution is -2.13. The summed E-state index contributed by atoms with van der Waals surface area (Å²) < 4.78 is 5.86. The molecule has 0 bridgehead atoms. The van der Waals surface area contributed by atoms with Crippen LogP contribution in [0, 0.1) is 5.92 Å². The highest BCUT2D eigenvalue weighted by Crippen LogP contribution is 2.38. The van der Waals surface area contributed by atoms with E-state index in [1.54, 1.807) is 5.56 Å². The monoisotopic (exact) mass is 462 g/mol. The Hall–Kier alpha value is -1.76. The molecular weight excluding hydrogens is 412 g/mol. The van der Waals surface area contributed by atoms with Crippen LogP contribution in [0.3, 0.4) is 0 Å². The molecule has 34 heavy (non-hydrogen) atoms. The van der Waals surface area contributed by atoms with E-state index in [0.717, 1.165) is 30.6 Å². The van der Waals surface area contributed by atoms with Gasteiger partial charge in [-0.05, 0) is 72.8 Å². The van der Waals surface area contributed by atoms with Crippen molar-refractivity contribution in [2.45, 2.75) is 122 Å². The number of benzene rings is 2. The van der Waals surface area contributed by atoms with Gasteiger partial charge in [0.25, 0.3) is 0 Å². The van der Waals surface area contributed by atoms with Gasteiger partial charge in [0.2, 0.25) is 0 Å². The Morgan fingerprint density at radius 3 is 1.74 bits per heavy atom. The number of hydrogen-bond acceptors (Lipinski definition) is 1. The van der Waals surface area contributed by atoms with Crippen molar-refractivity contribution in [2.75, 3.05) is 6.61 Å². The molecule has 0 radical (unpaired) electrons. The molecule has 2 aromatic carbocycles. The summed E-state index contributed by atoms with van der Waals surface area (Å²) in [7, 11) is 0. The third-order valence-electron chi connectivity index (χ3n) is 7.90. The maximum absolute atomic E-state index is 5.86. The van der Waals surface area contributed by atoms with Crippen LogP contribution < -0.4 is 4.74 Å². The molecule has 2 aromatic rings. The van der Waals surface area contributed by atoms with Crippen molar-refractivity contribution in [3.63, 3.8) is 0 Å². The van der Waals surface area contributed by atoms with Crippen molar-refractivity contribution in [3.8, 4) is 16.9 Å². The van der Waals surface area contributed by atoms with Gasteiger partial charge in [-0.1, -0.05) is 121 Å². The van der Waals surface area contributed by atoms with Crippen LogP contribution in [0.4, 0.5) is 0 Å². The van der Waals surface area contributed by atoms with Crippen molar-refractivity contribution < 1.29 is 4.74 Å². The Bertz CT molecular complexity index is 752. The summed E-state index contributed by atoms with van der Waals surface area (Å²) in [5.41, 5.74) is 4.14. The zero-order chi connectivity index (χ0) is 23.8. The lowest BCUT2D eigenvalue weighted by molar-refractivity contribution is 0.302. The van der Waals surface area contributed by atoms with E-state index in [4.69, 9.17) is 4.74 Å². The molecule has 1 nitrogen and oxygen atoms in total. The van der Waals surface area contributed by atoms with E-state index in [1.807, 2.05) is 0 Å². The molecular formula is C33H50O. The van der Waals surface area contributed by atoms with Crippen LogP contribution in [0.5, 0.6) is 5.75 Å². The Morgan fingerprint density at radius 2 is 1.12 bits per heavy atom. The van der Waals surface area contributed by atoms with Gasteiger partial charge in [0.05, 0.1) is 6.61 Å². The molecule has 0 unspecified atom stereocenters. The van der Waals surface area contributed by atoms with Gasteiger partial charge in [0.15, 0.2) is 0 Å². The molecule has 3 rings (SSSR count). The van der Waals surface area contributed by atoms with E-state index in [9.17, 15) is 0 Å². The second kappa shape index (κ2) is 16.0. The standard InChI is InChI=1S/C33H50O/c1-3-5-7-8-9-10-11-12-14-28-15-17-29(18-16-28)30-19-21-31(22-20-30)32-23-25-33(26-24-32)34-27-13-6-4-2/h19-26,28-29H,3-18,27H2,1-2H3. The van der Waals surface area contributed by atoms with Crippen LogP contribution in [0.15, 0.2) is 48.5 Å². The summed E-state index contributed by atoms with van der Waals surface area (Å²) in [6, 6.07) is 18.0. The van der Waals surface area contributed by atoms with Crippen molar-refractivity contribution in [1.29, 1.82) is 0 Å². The van der Waals surface area contributed by atoms with Crippen molar-refractivity contribution >= 4 is 0 Å². The topological polar surface area (TPSA) is 9.23 Å². The number of unbranched alkanes of at least 4 members (excludes halogenated alkanes) is 9. The molecule has 1 saturated carbocycles. The maximum atomic E-state index is 5.86. The second-order valence-corrected chi connectivity index (χ2v) is 10.7. The zero-order valence-corrected chi connectivity index (χ0v) is 22.2. The van der Waals surface area contributed by atoms with E-state index in [-0.39, 0.29) is 0 Å². The minimum atomic E-state index is 0.766. The van der Waals surface area contributed by atoms with Gasteiger partial charge in [-0.2, -0.15) is 0 Å². The third-order valence-corrected chi connectivity index (χ3v) is 7.90. The predicted octanol–water partition coefficient (Wildman–Crippen LogP) is 10.7. The summed E-state index contributed by atoms with van der Waals surface area (Å²) in [6.45, 7) is 5.35. The molecule has 0 heterocycles. The highest BCUT2D eigenvalue weighted by molar-refractivity contribution is 5.64. The van der Waals surface area contributed by atoms with Crippen molar-refractivity contribution in [2.24, 2.45) is 5.92 Å². The number of ether oxygens (including phenoxy) is 1. The summed E-state index contributed by atoms with van der Waals surface area (Å²) in [5.74, 6) is 2.74. The Kier molecular flexibility index (Phi) is 12.6. The summed E-state index contributed by atoms with van der Waals surface area (Å²) in [5, 5.41) is 0. The number of hydrogen-bond donors (Lipinski definition) is 0. The first-order valence-corrected chi connectivity index (χ1v) is 14.6. The molecule has 0 aliphatic heterocycles. The SMILES string of the molecule is CCCCCCCCCCC1CCC(c2ccc(-c3ccc(OCCCCC)cc3)cc2)CC1. The molecule has 0 saturated heterocycles. The zero-order valence-electron chi connectivity index (χ0n) is 22.2. The van der Waals surface area contributed by atoms with Gasteiger partial charge >= 0.3 is 0 Å². The first-order chi connectivity index (χ1) is 16.8. The average molecular weight is 463 g/mol. The van der Waals surface area contributed by atoms with E-state index in [1.165, 1.54) is 107 Å². The van der Waals surface area contributed by atoms with E-state index >= 15 is 0 Å². The van der Waals surface area contributed by atoms with Gasteiger partial charge in [-0.25, -0.2) is 0 Å². The fourth-order valence-corrected chi connectivity index (χ4v) is 5.58. The van der Waals surface area contributed by atoms with Gasteiger partial charge in [0.1, 0.15) is 5.75 Å². The minimum Gasteiger partial charge on any atom is -0.494 e. The lowest BCUT2D eigenvalue weighted by Gasteiger charge is -2.29. The van der Waals surface area contributed by atoms with Gasteiger partial charge in [0, 0.05) is 0 Å². The molecule has 188 valence electrons. The van der Waals surface area contributed by atoms with E-state index in [2.05, 4.69) is 62.4 Å². The Morgan fingerprint density at radius 1 is 0.588 bits per heavy atom. The molecule has 0 amide bonds. The second-order valence-electron chi connectivity index (χ2n) is 10.7. The average Bonchev–Trinajstić information content (AvgIpc) is 2.89. The Balaban J connectivity index is 1.35. The lowest BCUT2D eigenvalue weighted by atomic mass is 9.77. The molecule has 1 aliphatic rings. The molecule has 0 N–H and O–H groups in total. The van der Waals surface area contributed by atoms with Crippen LogP contribution in [0.2, 0.25) is 0 Å². The van der Waals surface area contributed by atoms with Crippen LogP contribution >= 0.6 is 0 Å². The molecule has 1 heteroatoms. The molecule has 0 aromatic heterocycles. The van der Waals surface area contributed by atoms with Gasteiger partial charge in [-0.3, -0.25) is 0 Å². The third kappa shape index (κ3) is 9.47. The first-order valence-electron chi connectivity index (χ1n) is 14.6. The summed E-state index contributed by atoms with van der Waals surface area (Å²) >= 11 is 0. The van der Waals surface area contributed by atoms with Crippen LogP contribution in [0.1, 0.15) is 128 Å². The largest absolute Gasteiger partial charge is 0.494 e. The molecule has 0 spiro atoms. The molecule has 1 aliphatic carbocycles. The molecule has 0 atom stereocenters. The predicted molar refractivity (Wildman–Crippen MR) is 149 cm³/mol. The van der Waals surface area contributed by atoms with Crippen LogP contribution in [-0.4, -0.2) is 6.61 Å². The fourth-order valence-electron chi connectivity index (χ4n) is 5.58. The Labute approximate surface area is 210 Å². The number of rotatable bonds is 16. The summed E-state index contributed by atoms with van der Waals surface area (Å²) in [4.78, 5) is 0. The van der Waals surface area contributed by atoms with Crippen molar-refractivity contribution in [1.82, 2.24) is 0 Å². The van der Waals surface area contributed by atoms with E-state index < -0.39 is 0 Å². The fraction of sp³-hybridized carbons (Fsp3) is 0.636. The van der Waals surface area contributed by atoms with Gasteiger partial charge in [-0.15, -0.1) is 0 Å². The van der Waals surface area contributed by atoms with E-state index in [0.29, 0.717) is 0 Å². The van der Waals surface area contributed by atoms with Crippen LogP contribution in [-0.2, 0) is 0 Å².